The molecule has 0 aromatic heterocycles. The normalized spacial score (nSPS) is 11.5. The van der Waals surface area contributed by atoms with Crippen LogP contribution in [0.1, 0.15) is 11.1 Å². The number of hydrogen-bond acceptors (Lipinski definition) is 3. The average molecular weight is 346 g/mol. The molecule has 0 bridgehead atoms. The molecule has 0 fully saturated rings. The molecule has 2 rings (SSSR count). The molecule has 0 unspecified atom stereocenters. The molecule has 0 saturated carbocycles. The van der Waals surface area contributed by atoms with Crippen molar-refractivity contribution in [2.75, 3.05) is 0 Å². The van der Waals surface area contributed by atoms with E-state index >= 15 is 0 Å². The van der Waals surface area contributed by atoms with Crippen molar-refractivity contribution in [3.63, 3.8) is 0 Å². The zero-order chi connectivity index (χ0) is 15.4. The summed E-state index contributed by atoms with van der Waals surface area (Å²) in [5.41, 5.74) is 6.68. The van der Waals surface area contributed by atoms with Crippen LogP contribution in [0.5, 0.6) is 5.75 Å². The number of hydrogen-bond donors (Lipinski definition) is 2. The van der Waals surface area contributed by atoms with Crippen molar-refractivity contribution in [2.45, 2.75) is 6.61 Å². The minimum atomic E-state index is -0.0653. The van der Waals surface area contributed by atoms with Crippen molar-refractivity contribution in [1.29, 1.82) is 0 Å². The van der Waals surface area contributed by atoms with Crippen LogP contribution in [-0.4, -0.2) is 11.0 Å². The lowest BCUT2D eigenvalue weighted by atomic mass is 10.2. The molecule has 21 heavy (non-hydrogen) atoms. The third-order valence-corrected chi connectivity index (χ3v) is 3.64. The van der Waals surface area contributed by atoms with Crippen molar-refractivity contribution < 1.29 is 9.94 Å². The topological polar surface area (TPSA) is 67.8 Å². The third-order valence-electron chi connectivity index (χ3n) is 2.73. The van der Waals surface area contributed by atoms with E-state index in [0.717, 1.165) is 5.56 Å². The molecule has 0 aliphatic heterocycles. The Morgan fingerprint density at radius 3 is 2.52 bits per heavy atom. The Balaban J connectivity index is 2.14. The second-order valence-corrected chi connectivity index (χ2v) is 5.40. The SMILES string of the molecule is N/C(=N/O)c1ccc(OCc2cc(Cl)ccc2Cl)cc1Cl. The molecule has 0 aliphatic rings. The lowest BCUT2D eigenvalue weighted by molar-refractivity contribution is 0.306. The van der Waals surface area contributed by atoms with Gasteiger partial charge in [-0.15, -0.1) is 0 Å². The number of benzene rings is 2. The molecule has 0 radical (unpaired) electrons. The van der Waals surface area contributed by atoms with Crippen LogP contribution < -0.4 is 10.5 Å². The Morgan fingerprint density at radius 2 is 1.86 bits per heavy atom. The van der Waals surface area contributed by atoms with Crippen molar-refractivity contribution in [3.8, 4) is 5.75 Å². The highest BCUT2D eigenvalue weighted by molar-refractivity contribution is 6.34. The predicted molar refractivity (Wildman–Crippen MR) is 84.8 cm³/mol. The quantitative estimate of drug-likeness (QED) is 0.375. The number of halogens is 3. The molecule has 4 nitrogen and oxygen atoms in total. The maximum Gasteiger partial charge on any atom is 0.171 e. The van der Waals surface area contributed by atoms with Crippen molar-refractivity contribution in [1.82, 2.24) is 0 Å². The minimum Gasteiger partial charge on any atom is -0.489 e. The van der Waals surface area contributed by atoms with Gasteiger partial charge < -0.3 is 15.7 Å². The molecule has 2 aromatic rings. The summed E-state index contributed by atoms with van der Waals surface area (Å²) in [6.45, 7) is 0.249. The van der Waals surface area contributed by atoms with Gasteiger partial charge in [0.25, 0.3) is 0 Å². The van der Waals surface area contributed by atoms with Gasteiger partial charge in [-0.3, -0.25) is 0 Å². The van der Waals surface area contributed by atoms with Gasteiger partial charge in [0.2, 0.25) is 0 Å². The molecular formula is C14H11Cl3N2O2. The summed E-state index contributed by atoms with van der Waals surface area (Å²) in [6.07, 6.45) is 0. The Kier molecular flexibility index (Phi) is 5.17. The fourth-order valence-electron chi connectivity index (χ4n) is 1.66. The standard InChI is InChI=1S/C14H11Cl3N2O2/c15-9-1-4-12(16)8(5-9)7-21-10-2-3-11(13(17)6-10)14(18)19-20/h1-6,20H,7H2,(H2,18,19). The fourth-order valence-corrected chi connectivity index (χ4v) is 2.30. The van der Waals surface area contributed by atoms with Gasteiger partial charge in [0, 0.05) is 21.2 Å². The first kappa shape index (κ1) is 15.8. The second-order valence-electron chi connectivity index (χ2n) is 4.15. The molecule has 0 heterocycles. The first-order valence-electron chi connectivity index (χ1n) is 5.85. The largest absolute Gasteiger partial charge is 0.489 e. The highest BCUT2D eigenvalue weighted by Gasteiger charge is 2.08. The molecule has 2 aromatic carbocycles. The number of amidine groups is 1. The molecule has 3 N–H and O–H groups in total. The Bertz CT molecular complexity index is 690. The zero-order valence-corrected chi connectivity index (χ0v) is 13.0. The third kappa shape index (κ3) is 3.94. The summed E-state index contributed by atoms with van der Waals surface area (Å²) in [6, 6.07) is 9.99. The molecule has 0 aliphatic carbocycles. The van der Waals surface area contributed by atoms with E-state index in [1.54, 1.807) is 36.4 Å². The van der Waals surface area contributed by atoms with Gasteiger partial charge in [0.15, 0.2) is 5.84 Å². The Labute approximate surface area is 136 Å². The molecular weight excluding hydrogens is 335 g/mol. The van der Waals surface area contributed by atoms with Gasteiger partial charge >= 0.3 is 0 Å². The molecule has 110 valence electrons. The average Bonchev–Trinajstić information content (AvgIpc) is 2.47. The smallest absolute Gasteiger partial charge is 0.171 e. The van der Waals surface area contributed by atoms with Crippen LogP contribution in [0.25, 0.3) is 0 Å². The fraction of sp³-hybridized carbons (Fsp3) is 0.0714. The summed E-state index contributed by atoms with van der Waals surface area (Å²) in [5, 5.41) is 13.0. The van der Waals surface area contributed by atoms with Crippen molar-refractivity contribution in [2.24, 2.45) is 10.9 Å². The first-order valence-corrected chi connectivity index (χ1v) is 6.99. The van der Waals surface area contributed by atoms with E-state index in [1.807, 2.05) is 0 Å². The number of nitrogens with two attached hydrogens (primary N) is 1. The zero-order valence-electron chi connectivity index (χ0n) is 10.7. The number of ether oxygens (including phenoxy) is 1. The van der Waals surface area contributed by atoms with Gasteiger partial charge in [0.1, 0.15) is 12.4 Å². The van der Waals surface area contributed by atoms with Gasteiger partial charge in [-0.05, 0) is 36.4 Å². The van der Waals surface area contributed by atoms with Gasteiger partial charge in [-0.2, -0.15) is 0 Å². The summed E-state index contributed by atoms with van der Waals surface area (Å²) < 4.78 is 5.61. The Hall–Kier alpha value is -1.62. The Morgan fingerprint density at radius 1 is 1.10 bits per heavy atom. The maximum absolute atomic E-state index is 8.64. The van der Waals surface area contributed by atoms with Crippen LogP contribution in [0.4, 0.5) is 0 Å². The lowest BCUT2D eigenvalue weighted by Crippen LogP contribution is -2.13. The van der Waals surface area contributed by atoms with Crippen LogP contribution in [0.3, 0.4) is 0 Å². The van der Waals surface area contributed by atoms with Crippen LogP contribution in [0.2, 0.25) is 15.1 Å². The van der Waals surface area contributed by atoms with E-state index in [2.05, 4.69) is 5.16 Å². The monoisotopic (exact) mass is 344 g/mol. The highest BCUT2D eigenvalue weighted by Crippen LogP contribution is 2.25. The second kappa shape index (κ2) is 6.89. The van der Waals surface area contributed by atoms with E-state index in [9.17, 15) is 0 Å². The minimum absolute atomic E-state index is 0.0653. The van der Waals surface area contributed by atoms with E-state index in [-0.39, 0.29) is 12.4 Å². The van der Waals surface area contributed by atoms with Gasteiger partial charge in [-0.25, -0.2) is 0 Å². The first-order chi connectivity index (χ1) is 10.0. The van der Waals surface area contributed by atoms with Crippen LogP contribution in [0.15, 0.2) is 41.6 Å². The van der Waals surface area contributed by atoms with E-state index < -0.39 is 0 Å². The van der Waals surface area contributed by atoms with E-state index in [0.29, 0.717) is 26.4 Å². The van der Waals surface area contributed by atoms with E-state index in [1.165, 1.54) is 0 Å². The van der Waals surface area contributed by atoms with Gasteiger partial charge in [0.05, 0.1) is 5.02 Å². The number of oxime groups is 1. The lowest BCUT2D eigenvalue weighted by Gasteiger charge is -2.10. The van der Waals surface area contributed by atoms with Crippen LogP contribution >= 0.6 is 34.8 Å². The molecule has 0 atom stereocenters. The van der Waals surface area contributed by atoms with E-state index in [4.69, 9.17) is 50.5 Å². The molecule has 0 saturated heterocycles. The molecule has 0 amide bonds. The summed E-state index contributed by atoms with van der Waals surface area (Å²) in [7, 11) is 0. The summed E-state index contributed by atoms with van der Waals surface area (Å²) in [4.78, 5) is 0. The summed E-state index contributed by atoms with van der Waals surface area (Å²) in [5.74, 6) is 0.468. The van der Waals surface area contributed by atoms with Crippen molar-refractivity contribution >= 4 is 40.6 Å². The maximum atomic E-state index is 8.64. The summed E-state index contributed by atoms with van der Waals surface area (Å²) >= 11 is 18.0. The highest BCUT2D eigenvalue weighted by atomic mass is 35.5. The number of rotatable bonds is 4. The molecule has 7 heteroatoms. The van der Waals surface area contributed by atoms with Crippen LogP contribution in [-0.2, 0) is 6.61 Å². The van der Waals surface area contributed by atoms with Crippen molar-refractivity contribution in [3.05, 3.63) is 62.6 Å². The predicted octanol–water partition coefficient (Wildman–Crippen LogP) is 4.32. The van der Waals surface area contributed by atoms with Gasteiger partial charge in [-0.1, -0.05) is 40.0 Å². The van der Waals surface area contributed by atoms with Crippen LogP contribution in [0, 0.1) is 0 Å². The number of nitrogens with zero attached hydrogens (tertiary/aromatic N) is 1. The molecule has 0 spiro atoms.